The molecule has 0 aromatic rings. The van der Waals surface area contributed by atoms with E-state index in [0.717, 1.165) is 19.3 Å². The second-order valence-corrected chi connectivity index (χ2v) is 5.44. The number of piperidine rings is 1. The number of likely N-dealkylation sites (tertiary alicyclic amines) is 1. The van der Waals surface area contributed by atoms with Gasteiger partial charge in [-0.25, -0.2) is 4.79 Å². The highest BCUT2D eigenvalue weighted by molar-refractivity contribution is 5.85. The first-order valence-corrected chi connectivity index (χ1v) is 6.70. The maximum Gasteiger partial charge on any atom is 0.326 e. The first-order valence-electron chi connectivity index (χ1n) is 6.70. The van der Waals surface area contributed by atoms with Crippen molar-refractivity contribution < 1.29 is 14.7 Å². The van der Waals surface area contributed by atoms with Crippen LogP contribution in [0.1, 0.15) is 39.5 Å². The van der Waals surface area contributed by atoms with Crippen LogP contribution in [0.4, 0.5) is 0 Å². The lowest BCUT2D eigenvalue weighted by Gasteiger charge is -2.35. The second kappa shape index (κ2) is 6.73. The Balaban J connectivity index is 2.75. The Hall–Kier alpha value is -1.10. The summed E-state index contributed by atoms with van der Waals surface area (Å²) >= 11 is 0. The van der Waals surface area contributed by atoms with Gasteiger partial charge in [0.25, 0.3) is 0 Å². The minimum Gasteiger partial charge on any atom is -0.480 e. The maximum atomic E-state index is 12.4. The van der Waals surface area contributed by atoms with Crippen LogP contribution < -0.4 is 5.73 Å². The Morgan fingerprint density at radius 2 is 2.06 bits per heavy atom. The van der Waals surface area contributed by atoms with E-state index in [1.807, 2.05) is 13.8 Å². The summed E-state index contributed by atoms with van der Waals surface area (Å²) in [6.45, 7) is 4.92. The molecule has 1 aliphatic rings. The first-order chi connectivity index (χ1) is 8.47. The average molecular weight is 256 g/mol. The van der Waals surface area contributed by atoms with Crippen molar-refractivity contribution in [3.8, 4) is 0 Å². The molecule has 0 aromatic heterocycles. The molecule has 0 aliphatic carbocycles. The highest BCUT2D eigenvalue weighted by Crippen LogP contribution is 2.22. The van der Waals surface area contributed by atoms with E-state index < -0.39 is 12.0 Å². The maximum absolute atomic E-state index is 12.4. The van der Waals surface area contributed by atoms with Crippen LogP contribution in [0.5, 0.6) is 0 Å². The number of hydrogen-bond donors (Lipinski definition) is 2. The van der Waals surface area contributed by atoms with Gasteiger partial charge in [-0.05, 0) is 31.6 Å². The molecule has 1 heterocycles. The molecule has 0 spiro atoms. The zero-order valence-corrected chi connectivity index (χ0v) is 11.3. The predicted octanol–water partition coefficient (Wildman–Crippen LogP) is 1.07. The van der Waals surface area contributed by atoms with E-state index in [9.17, 15) is 9.59 Å². The molecule has 1 fully saturated rings. The van der Waals surface area contributed by atoms with Crippen molar-refractivity contribution in [1.29, 1.82) is 0 Å². The summed E-state index contributed by atoms with van der Waals surface area (Å²) in [7, 11) is 0. The van der Waals surface area contributed by atoms with Crippen molar-refractivity contribution >= 4 is 11.9 Å². The largest absolute Gasteiger partial charge is 0.480 e. The minimum absolute atomic E-state index is 0.0849. The van der Waals surface area contributed by atoms with Crippen LogP contribution in [0.25, 0.3) is 0 Å². The number of amides is 1. The average Bonchev–Trinajstić information content (AvgIpc) is 2.34. The van der Waals surface area contributed by atoms with Gasteiger partial charge in [0.15, 0.2) is 0 Å². The molecule has 1 aliphatic heterocycles. The molecule has 5 nitrogen and oxygen atoms in total. The van der Waals surface area contributed by atoms with Crippen LogP contribution in [0.15, 0.2) is 0 Å². The monoisotopic (exact) mass is 256 g/mol. The summed E-state index contributed by atoms with van der Waals surface area (Å²) in [4.78, 5) is 25.1. The van der Waals surface area contributed by atoms with Crippen LogP contribution in [-0.2, 0) is 9.59 Å². The van der Waals surface area contributed by atoms with Crippen molar-refractivity contribution in [3.05, 3.63) is 0 Å². The Kier molecular flexibility index (Phi) is 5.59. The van der Waals surface area contributed by atoms with Crippen molar-refractivity contribution in [2.75, 3.05) is 13.1 Å². The highest BCUT2D eigenvalue weighted by atomic mass is 16.4. The molecule has 2 unspecified atom stereocenters. The zero-order chi connectivity index (χ0) is 13.7. The number of aliphatic carboxylic acids is 1. The summed E-state index contributed by atoms with van der Waals surface area (Å²) < 4.78 is 0. The number of carboxylic acid groups (broad SMARTS) is 1. The fourth-order valence-corrected chi connectivity index (χ4v) is 2.55. The standard InChI is InChI=1S/C13H24N2O3/c1-9(2)7-10(8-14)12(16)15-6-4-3-5-11(15)13(17)18/h9-11H,3-8,14H2,1-2H3,(H,17,18). The number of nitrogens with zero attached hydrogens (tertiary/aromatic N) is 1. The van der Waals surface area contributed by atoms with E-state index in [1.54, 1.807) is 0 Å². The number of hydrogen-bond acceptors (Lipinski definition) is 3. The van der Waals surface area contributed by atoms with Crippen LogP contribution >= 0.6 is 0 Å². The SMILES string of the molecule is CC(C)CC(CN)C(=O)N1CCCCC1C(=O)O. The fourth-order valence-electron chi connectivity index (χ4n) is 2.55. The summed E-state index contributed by atoms with van der Waals surface area (Å²) in [6, 6.07) is -0.660. The minimum atomic E-state index is -0.900. The molecule has 0 radical (unpaired) electrons. The van der Waals surface area contributed by atoms with E-state index in [0.29, 0.717) is 25.4 Å². The van der Waals surface area contributed by atoms with Gasteiger partial charge >= 0.3 is 5.97 Å². The van der Waals surface area contributed by atoms with Gasteiger partial charge in [-0.3, -0.25) is 4.79 Å². The number of carbonyl (C=O) groups is 2. The molecule has 104 valence electrons. The Morgan fingerprint density at radius 3 is 2.56 bits per heavy atom. The Morgan fingerprint density at radius 1 is 1.39 bits per heavy atom. The van der Waals surface area contributed by atoms with Crippen LogP contribution in [0.3, 0.4) is 0 Å². The molecular formula is C13H24N2O3. The molecule has 3 N–H and O–H groups in total. The molecule has 1 rings (SSSR count). The molecule has 18 heavy (non-hydrogen) atoms. The number of carboxylic acids is 1. The summed E-state index contributed by atoms with van der Waals surface area (Å²) in [5.41, 5.74) is 5.66. The molecule has 0 bridgehead atoms. The van der Waals surface area contributed by atoms with Crippen molar-refractivity contribution in [2.45, 2.75) is 45.6 Å². The molecule has 0 saturated carbocycles. The lowest BCUT2D eigenvalue weighted by molar-refractivity contribution is -0.154. The topological polar surface area (TPSA) is 83.6 Å². The van der Waals surface area contributed by atoms with Gasteiger partial charge in [0.2, 0.25) is 5.91 Å². The normalized spacial score (nSPS) is 22.0. The van der Waals surface area contributed by atoms with Gasteiger partial charge in [0.05, 0.1) is 5.92 Å². The quantitative estimate of drug-likeness (QED) is 0.770. The summed E-state index contributed by atoms with van der Waals surface area (Å²) in [5.74, 6) is -0.845. The van der Waals surface area contributed by atoms with E-state index in [-0.39, 0.29) is 11.8 Å². The van der Waals surface area contributed by atoms with Gasteiger partial charge in [0, 0.05) is 13.1 Å². The fraction of sp³-hybridized carbons (Fsp3) is 0.846. The third-order valence-electron chi connectivity index (χ3n) is 3.46. The first kappa shape index (κ1) is 15.0. The number of carbonyl (C=O) groups excluding carboxylic acids is 1. The van der Waals surface area contributed by atoms with Crippen molar-refractivity contribution in [2.24, 2.45) is 17.6 Å². The van der Waals surface area contributed by atoms with E-state index >= 15 is 0 Å². The Bertz CT molecular complexity index is 305. The molecule has 1 amide bonds. The van der Waals surface area contributed by atoms with Gasteiger partial charge < -0.3 is 15.7 Å². The van der Waals surface area contributed by atoms with Crippen LogP contribution in [0, 0.1) is 11.8 Å². The predicted molar refractivity (Wildman–Crippen MR) is 69.0 cm³/mol. The smallest absolute Gasteiger partial charge is 0.326 e. The van der Waals surface area contributed by atoms with Gasteiger partial charge in [-0.1, -0.05) is 13.8 Å². The molecule has 5 heteroatoms. The lowest BCUT2D eigenvalue weighted by atomic mass is 9.93. The van der Waals surface area contributed by atoms with Crippen LogP contribution in [-0.4, -0.2) is 41.0 Å². The van der Waals surface area contributed by atoms with Crippen molar-refractivity contribution in [3.63, 3.8) is 0 Å². The summed E-state index contributed by atoms with van der Waals surface area (Å²) in [5, 5.41) is 9.17. The van der Waals surface area contributed by atoms with Gasteiger partial charge in [0.1, 0.15) is 6.04 Å². The Labute approximate surface area is 108 Å². The molecule has 0 aromatic carbocycles. The highest BCUT2D eigenvalue weighted by Gasteiger charge is 2.34. The zero-order valence-electron chi connectivity index (χ0n) is 11.3. The van der Waals surface area contributed by atoms with Gasteiger partial charge in [-0.15, -0.1) is 0 Å². The lowest BCUT2D eigenvalue weighted by Crippen LogP contribution is -2.51. The third kappa shape index (κ3) is 3.70. The van der Waals surface area contributed by atoms with E-state index in [1.165, 1.54) is 4.90 Å². The third-order valence-corrected chi connectivity index (χ3v) is 3.46. The second-order valence-electron chi connectivity index (χ2n) is 5.44. The van der Waals surface area contributed by atoms with E-state index in [2.05, 4.69) is 0 Å². The van der Waals surface area contributed by atoms with Gasteiger partial charge in [-0.2, -0.15) is 0 Å². The molecular weight excluding hydrogens is 232 g/mol. The number of rotatable bonds is 5. The van der Waals surface area contributed by atoms with Crippen LogP contribution in [0.2, 0.25) is 0 Å². The molecule has 1 saturated heterocycles. The summed E-state index contributed by atoms with van der Waals surface area (Å²) in [6.07, 6.45) is 3.03. The number of nitrogens with two attached hydrogens (primary N) is 1. The van der Waals surface area contributed by atoms with E-state index in [4.69, 9.17) is 10.8 Å². The van der Waals surface area contributed by atoms with Crippen molar-refractivity contribution in [1.82, 2.24) is 4.90 Å². The molecule has 2 atom stereocenters.